The van der Waals surface area contributed by atoms with Gasteiger partial charge in [-0.05, 0) is 31.5 Å². The van der Waals surface area contributed by atoms with E-state index in [0.717, 1.165) is 17.1 Å². The number of carbonyl (C=O) groups excluding carboxylic acids is 1. The molecule has 0 aliphatic rings. The van der Waals surface area contributed by atoms with Gasteiger partial charge in [0.2, 0.25) is 0 Å². The number of hydrogen-bond acceptors (Lipinski definition) is 3. The van der Waals surface area contributed by atoms with Crippen LogP contribution in [0.25, 0.3) is 0 Å². The first-order valence-corrected chi connectivity index (χ1v) is 6.99. The fourth-order valence-corrected chi connectivity index (χ4v) is 2.51. The summed E-state index contributed by atoms with van der Waals surface area (Å²) in [5, 5.41) is 5.80. The van der Waals surface area contributed by atoms with Gasteiger partial charge in [0.1, 0.15) is 5.82 Å². The van der Waals surface area contributed by atoms with Crippen LogP contribution in [0.1, 0.15) is 40.9 Å². The highest BCUT2D eigenvalue weighted by Crippen LogP contribution is 2.17. The fraction of sp³-hybridized carbons (Fsp3) is 0.286. The van der Waals surface area contributed by atoms with Crippen LogP contribution in [0.3, 0.4) is 0 Å². The molecule has 1 atom stereocenters. The third kappa shape index (κ3) is 3.38. The molecule has 0 saturated heterocycles. The molecule has 0 fully saturated rings. The van der Waals surface area contributed by atoms with Gasteiger partial charge in [-0.1, -0.05) is 13.0 Å². The van der Waals surface area contributed by atoms with Crippen molar-refractivity contribution in [3.63, 3.8) is 0 Å². The molecule has 0 spiro atoms. The van der Waals surface area contributed by atoms with Crippen molar-refractivity contribution in [2.24, 2.45) is 0 Å². The highest BCUT2D eigenvalue weighted by atomic mass is 32.1. The molecule has 0 radical (unpaired) electrons. The number of hydrogen-bond donors (Lipinski definition) is 1. The first kappa shape index (κ1) is 13.7. The number of nitrogens with zero attached hydrogens (tertiary/aromatic N) is 1. The minimum absolute atomic E-state index is 0.188. The van der Waals surface area contributed by atoms with Crippen LogP contribution >= 0.6 is 11.3 Å². The molecule has 0 aliphatic carbocycles. The molecule has 2 aromatic rings. The van der Waals surface area contributed by atoms with E-state index in [1.807, 2.05) is 19.2 Å². The first-order valence-electron chi connectivity index (χ1n) is 6.11. The van der Waals surface area contributed by atoms with Crippen molar-refractivity contribution in [1.82, 2.24) is 10.3 Å². The van der Waals surface area contributed by atoms with E-state index in [2.05, 4.69) is 10.3 Å². The molecule has 19 heavy (non-hydrogen) atoms. The number of thiazole rings is 1. The maximum absolute atomic E-state index is 13.0. The predicted octanol–water partition coefficient (Wildman–Crippen LogP) is 3.34. The second-order valence-corrected chi connectivity index (χ2v) is 5.17. The van der Waals surface area contributed by atoms with Gasteiger partial charge in [0.05, 0.1) is 16.7 Å². The summed E-state index contributed by atoms with van der Waals surface area (Å²) in [6, 6.07) is 5.46. The Morgan fingerprint density at radius 1 is 1.53 bits per heavy atom. The van der Waals surface area contributed by atoms with Crippen LogP contribution in [0.15, 0.2) is 29.6 Å². The Morgan fingerprint density at radius 3 is 2.95 bits per heavy atom. The molecule has 100 valence electrons. The molecule has 0 bridgehead atoms. The summed E-state index contributed by atoms with van der Waals surface area (Å²) in [4.78, 5) is 16.4. The third-order valence-electron chi connectivity index (χ3n) is 2.75. The maximum Gasteiger partial charge on any atom is 0.251 e. The van der Waals surface area contributed by atoms with Crippen LogP contribution in [0, 0.1) is 5.82 Å². The second-order valence-electron chi connectivity index (χ2n) is 4.23. The van der Waals surface area contributed by atoms with Crippen molar-refractivity contribution in [2.75, 3.05) is 0 Å². The summed E-state index contributed by atoms with van der Waals surface area (Å²) in [7, 11) is 0. The van der Waals surface area contributed by atoms with E-state index in [0.29, 0.717) is 5.56 Å². The van der Waals surface area contributed by atoms with E-state index in [9.17, 15) is 9.18 Å². The lowest BCUT2D eigenvalue weighted by Gasteiger charge is -2.11. The largest absolute Gasteiger partial charge is 0.344 e. The van der Waals surface area contributed by atoms with E-state index >= 15 is 0 Å². The zero-order valence-electron chi connectivity index (χ0n) is 10.8. The van der Waals surface area contributed by atoms with E-state index in [4.69, 9.17) is 0 Å². The molecule has 1 unspecified atom stereocenters. The zero-order chi connectivity index (χ0) is 13.8. The summed E-state index contributed by atoms with van der Waals surface area (Å²) >= 11 is 1.58. The molecule has 0 aliphatic heterocycles. The molecular weight excluding hydrogens is 263 g/mol. The van der Waals surface area contributed by atoms with E-state index in [-0.39, 0.29) is 11.9 Å². The highest BCUT2D eigenvalue weighted by molar-refractivity contribution is 7.09. The van der Waals surface area contributed by atoms with Crippen LogP contribution in [-0.4, -0.2) is 10.9 Å². The van der Waals surface area contributed by atoms with Gasteiger partial charge in [-0.25, -0.2) is 9.37 Å². The summed E-state index contributed by atoms with van der Waals surface area (Å²) in [6.07, 6.45) is 0.884. The van der Waals surface area contributed by atoms with Crippen LogP contribution in [-0.2, 0) is 6.42 Å². The van der Waals surface area contributed by atoms with Gasteiger partial charge in [-0.2, -0.15) is 0 Å². The minimum Gasteiger partial charge on any atom is -0.344 e. The Bertz CT molecular complexity index is 582. The molecule has 0 saturated carbocycles. The van der Waals surface area contributed by atoms with Crippen molar-refractivity contribution >= 4 is 17.2 Å². The number of aromatic nitrogens is 1. The Kier molecular flexibility index (Phi) is 4.27. The van der Waals surface area contributed by atoms with E-state index < -0.39 is 5.82 Å². The van der Waals surface area contributed by atoms with Gasteiger partial charge < -0.3 is 5.32 Å². The molecule has 1 N–H and O–H groups in total. The van der Waals surface area contributed by atoms with Crippen LogP contribution in [0.4, 0.5) is 4.39 Å². The normalized spacial score (nSPS) is 12.2. The number of amides is 1. The predicted molar refractivity (Wildman–Crippen MR) is 73.8 cm³/mol. The van der Waals surface area contributed by atoms with Crippen LogP contribution in [0.5, 0.6) is 0 Å². The smallest absolute Gasteiger partial charge is 0.251 e. The van der Waals surface area contributed by atoms with E-state index in [1.54, 1.807) is 17.4 Å². The number of carbonyl (C=O) groups is 1. The minimum atomic E-state index is -0.415. The van der Waals surface area contributed by atoms with Crippen LogP contribution in [0.2, 0.25) is 0 Å². The quantitative estimate of drug-likeness (QED) is 0.932. The molecule has 1 heterocycles. The highest BCUT2D eigenvalue weighted by Gasteiger charge is 2.14. The topological polar surface area (TPSA) is 42.0 Å². The second kappa shape index (κ2) is 5.93. The Morgan fingerprint density at radius 2 is 2.32 bits per heavy atom. The Labute approximate surface area is 115 Å². The zero-order valence-corrected chi connectivity index (χ0v) is 11.6. The molecule has 1 aromatic carbocycles. The lowest BCUT2D eigenvalue weighted by molar-refractivity contribution is 0.0938. The number of nitrogens with one attached hydrogen (secondary N) is 1. The number of aryl methyl sites for hydroxylation is 1. The molecule has 1 amide bonds. The molecule has 2 rings (SSSR count). The van der Waals surface area contributed by atoms with Gasteiger partial charge in [-0.3, -0.25) is 4.79 Å². The standard InChI is InChI=1S/C14H15FN2OS/c1-3-13-17-12(8-19-13)9(2)16-14(18)10-5-4-6-11(15)7-10/h4-9H,3H2,1-2H3,(H,16,18). The average Bonchev–Trinajstić information content (AvgIpc) is 2.87. The Hall–Kier alpha value is -1.75. The summed E-state index contributed by atoms with van der Waals surface area (Å²) in [5.74, 6) is -0.708. The number of halogens is 1. The van der Waals surface area contributed by atoms with Gasteiger partial charge in [-0.15, -0.1) is 11.3 Å². The van der Waals surface area contributed by atoms with Gasteiger partial charge in [0.15, 0.2) is 0 Å². The summed E-state index contributed by atoms with van der Waals surface area (Å²) in [5.41, 5.74) is 1.16. The van der Waals surface area contributed by atoms with Gasteiger partial charge in [0.25, 0.3) is 5.91 Å². The Balaban J connectivity index is 2.06. The molecule has 3 nitrogen and oxygen atoms in total. The average molecular weight is 278 g/mol. The van der Waals surface area contributed by atoms with Crippen molar-refractivity contribution < 1.29 is 9.18 Å². The first-order chi connectivity index (χ1) is 9.10. The lowest BCUT2D eigenvalue weighted by atomic mass is 10.2. The molecular formula is C14H15FN2OS. The molecule has 5 heteroatoms. The maximum atomic E-state index is 13.0. The van der Waals surface area contributed by atoms with Crippen molar-refractivity contribution in [1.29, 1.82) is 0 Å². The van der Waals surface area contributed by atoms with Gasteiger partial charge in [0, 0.05) is 10.9 Å². The number of rotatable bonds is 4. The van der Waals surface area contributed by atoms with E-state index in [1.165, 1.54) is 18.2 Å². The summed E-state index contributed by atoms with van der Waals surface area (Å²) in [6.45, 7) is 3.91. The van der Waals surface area contributed by atoms with Crippen LogP contribution < -0.4 is 5.32 Å². The van der Waals surface area contributed by atoms with Gasteiger partial charge >= 0.3 is 0 Å². The van der Waals surface area contributed by atoms with Crippen molar-refractivity contribution in [3.8, 4) is 0 Å². The lowest BCUT2D eigenvalue weighted by Crippen LogP contribution is -2.26. The summed E-state index contributed by atoms with van der Waals surface area (Å²) < 4.78 is 13.0. The van der Waals surface area contributed by atoms with Crippen molar-refractivity contribution in [2.45, 2.75) is 26.3 Å². The molecule has 1 aromatic heterocycles. The SMILES string of the molecule is CCc1nc(C(C)NC(=O)c2cccc(F)c2)cs1. The third-order valence-corrected chi connectivity index (χ3v) is 3.76. The number of benzene rings is 1. The fourth-order valence-electron chi connectivity index (χ4n) is 1.67. The monoisotopic (exact) mass is 278 g/mol. The van der Waals surface area contributed by atoms with Crippen molar-refractivity contribution in [3.05, 3.63) is 51.7 Å².